The summed E-state index contributed by atoms with van der Waals surface area (Å²) in [6, 6.07) is 2.12. The number of aryl methyl sites for hydroxylation is 2. The summed E-state index contributed by atoms with van der Waals surface area (Å²) in [6.45, 7) is 8.55. The van der Waals surface area contributed by atoms with Gasteiger partial charge in [0.2, 0.25) is 0 Å². The van der Waals surface area contributed by atoms with Gasteiger partial charge in [-0.05, 0) is 37.8 Å². The topological polar surface area (TPSA) is 20.2 Å². The number of hydrogen-bond acceptors (Lipinski definition) is 2. The molecule has 80 valence electrons. The maximum Gasteiger partial charge on any atom is 0.0803 e. The first-order valence-corrected chi connectivity index (χ1v) is 6.11. The fourth-order valence-electron chi connectivity index (χ4n) is 1.66. The fraction of sp³-hybridized carbons (Fsp3) is 0.667. The molecule has 1 heterocycles. The van der Waals surface area contributed by atoms with Crippen molar-refractivity contribution in [3.8, 4) is 0 Å². The minimum Gasteiger partial charge on any atom is -0.388 e. The third kappa shape index (κ3) is 2.82. The lowest BCUT2D eigenvalue weighted by molar-refractivity contribution is 0.146. The zero-order valence-electron chi connectivity index (χ0n) is 9.50. The molecule has 2 atom stereocenters. The van der Waals surface area contributed by atoms with E-state index in [1.165, 1.54) is 9.75 Å². The molecule has 1 rings (SSSR count). The van der Waals surface area contributed by atoms with E-state index in [0.717, 1.165) is 18.4 Å². The molecule has 0 spiro atoms. The molecule has 1 nitrogen and oxygen atoms in total. The zero-order valence-corrected chi connectivity index (χ0v) is 10.3. The third-order valence-corrected chi connectivity index (χ3v) is 3.74. The highest BCUT2D eigenvalue weighted by molar-refractivity contribution is 7.12. The lowest BCUT2D eigenvalue weighted by atomic mass is 9.97. The maximum atomic E-state index is 10.0. The Kier molecular flexibility index (Phi) is 4.14. The molecule has 0 radical (unpaired) electrons. The first-order chi connectivity index (χ1) is 6.54. The average molecular weight is 212 g/mol. The molecule has 1 aromatic heterocycles. The van der Waals surface area contributed by atoms with Crippen molar-refractivity contribution in [3.05, 3.63) is 21.4 Å². The van der Waals surface area contributed by atoms with E-state index >= 15 is 0 Å². The van der Waals surface area contributed by atoms with E-state index in [1.54, 1.807) is 11.3 Å². The summed E-state index contributed by atoms with van der Waals surface area (Å²) >= 11 is 1.77. The Morgan fingerprint density at radius 2 is 2.07 bits per heavy atom. The van der Waals surface area contributed by atoms with Crippen molar-refractivity contribution >= 4 is 11.3 Å². The van der Waals surface area contributed by atoms with Crippen molar-refractivity contribution in [2.45, 2.75) is 46.6 Å². The molecular formula is C12H20OS. The molecular weight excluding hydrogens is 192 g/mol. The van der Waals surface area contributed by atoms with Crippen LogP contribution in [0, 0.1) is 19.8 Å². The fourth-order valence-corrected chi connectivity index (χ4v) is 2.64. The number of aliphatic hydroxyl groups excluding tert-OH is 1. The molecule has 2 heteroatoms. The van der Waals surface area contributed by atoms with Gasteiger partial charge >= 0.3 is 0 Å². The van der Waals surface area contributed by atoms with E-state index in [0.29, 0.717) is 5.92 Å². The van der Waals surface area contributed by atoms with Gasteiger partial charge < -0.3 is 5.11 Å². The van der Waals surface area contributed by atoms with E-state index in [-0.39, 0.29) is 6.10 Å². The minimum absolute atomic E-state index is 0.269. The van der Waals surface area contributed by atoms with Gasteiger partial charge in [0, 0.05) is 9.75 Å². The number of thiophene rings is 1. The predicted octanol–water partition coefficient (Wildman–Crippen LogP) is 3.83. The Labute approximate surface area is 90.8 Å². The number of hydrogen-bond donors (Lipinski definition) is 1. The van der Waals surface area contributed by atoms with Gasteiger partial charge in [-0.25, -0.2) is 0 Å². The zero-order chi connectivity index (χ0) is 10.7. The first-order valence-electron chi connectivity index (χ1n) is 5.29. The standard InChI is InChI=1S/C12H20OS/c1-5-8(2)6-12(13)11-7-9(3)14-10(11)4/h7-8,12-13H,5-6H2,1-4H3. The van der Waals surface area contributed by atoms with Crippen molar-refractivity contribution < 1.29 is 5.11 Å². The van der Waals surface area contributed by atoms with Gasteiger partial charge in [0.15, 0.2) is 0 Å². The number of aliphatic hydroxyl groups is 1. The van der Waals surface area contributed by atoms with Crippen LogP contribution in [0.1, 0.15) is 48.1 Å². The summed E-state index contributed by atoms with van der Waals surface area (Å²) in [5.41, 5.74) is 1.13. The average Bonchev–Trinajstić information content (AvgIpc) is 2.45. The molecule has 0 fully saturated rings. The van der Waals surface area contributed by atoms with Crippen molar-refractivity contribution in [2.24, 2.45) is 5.92 Å². The highest BCUT2D eigenvalue weighted by Crippen LogP contribution is 2.30. The smallest absolute Gasteiger partial charge is 0.0803 e. The number of rotatable bonds is 4. The molecule has 14 heavy (non-hydrogen) atoms. The van der Waals surface area contributed by atoms with E-state index in [4.69, 9.17) is 0 Å². The second-order valence-electron chi connectivity index (χ2n) is 4.13. The van der Waals surface area contributed by atoms with Crippen LogP contribution in [0.15, 0.2) is 6.07 Å². The lowest BCUT2D eigenvalue weighted by Gasteiger charge is -2.14. The second-order valence-corrected chi connectivity index (χ2v) is 5.59. The van der Waals surface area contributed by atoms with Crippen LogP contribution in [0.3, 0.4) is 0 Å². The van der Waals surface area contributed by atoms with Crippen LogP contribution < -0.4 is 0 Å². The van der Waals surface area contributed by atoms with Crippen molar-refractivity contribution in [2.75, 3.05) is 0 Å². The molecule has 0 aromatic carbocycles. The molecule has 2 unspecified atom stereocenters. The highest BCUT2D eigenvalue weighted by Gasteiger charge is 2.15. The largest absolute Gasteiger partial charge is 0.388 e. The molecule has 0 saturated carbocycles. The van der Waals surface area contributed by atoms with Gasteiger partial charge in [0.05, 0.1) is 6.10 Å². The van der Waals surface area contributed by atoms with Gasteiger partial charge in [-0.2, -0.15) is 0 Å². The van der Waals surface area contributed by atoms with E-state index in [9.17, 15) is 5.11 Å². The van der Waals surface area contributed by atoms with Crippen molar-refractivity contribution in [3.63, 3.8) is 0 Å². The van der Waals surface area contributed by atoms with E-state index < -0.39 is 0 Å². The van der Waals surface area contributed by atoms with Crippen LogP contribution in [-0.2, 0) is 0 Å². The lowest BCUT2D eigenvalue weighted by Crippen LogP contribution is -2.03. The van der Waals surface area contributed by atoms with Gasteiger partial charge in [-0.1, -0.05) is 20.3 Å². The van der Waals surface area contributed by atoms with E-state index in [1.807, 2.05) is 0 Å². The van der Waals surface area contributed by atoms with E-state index in [2.05, 4.69) is 33.8 Å². The van der Waals surface area contributed by atoms with Gasteiger partial charge in [-0.3, -0.25) is 0 Å². The SMILES string of the molecule is CCC(C)CC(O)c1cc(C)sc1C. The first kappa shape index (κ1) is 11.7. The van der Waals surface area contributed by atoms with Crippen molar-refractivity contribution in [1.82, 2.24) is 0 Å². The molecule has 1 N–H and O–H groups in total. The highest BCUT2D eigenvalue weighted by atomic mass is 32.1. The Morgan fingerprint density at radius 3 is 2.50 bits per heavy atom. The summed E-state index contributed by atoms with van der Waals surface area (Å²) < 4.78 is 0. The quantitative estimate of drug-likeness (QED) is 0.804. The van der Waals surface area contributed by atoms with Crippen LogP contribution in [0.5, 0.6) is 0 Å². The molecule has 0 aliphatic carbocycles. The summed E-state index contributed by atoms with van der Waals surface area (Å²) in [7, 11) is 0. The summed E-state index contributed by atoms with van der Waals surface area (Å²) in [4.78, 5) is 2.55. The third-order valence-electron chi connectivity index (χ3n) is 2.76. The van der Waals surface area contributed by atoms with Crippen LogP contribution in [-0.4, -0.2) is 5.11 Å². The van der Waals surface area contributed by atoms with Gasteiger partial charge in [0.1, 0.15) is 0 Å². The molecule has 0 amide bonds. The van der Waals surface area contributed by atoms with Gasteiger partial charge in [0.25, 0.3) is 0 Å². The minimum atomic E-state index is -0.269. The van der Waals surface area contributed by atoms with Crippen LogP contribution in [0.25, 0.3) is 0 Å². The normalized spacial score (nSPS) is 15.5. The van der Waals surface area contributed by atoms with Crippen LogP contribution in [0.2, 0.25) is 0 Å². The molecule has 0 bridgehead atoms. The summed E-state index contributed by atoms with van der Waals surface area (Å²) in [5, 5.41) is 10.0. The molecule has 0 saturated heterocycles. The van der Waals surface area contributed by atoms with Gasteiger partial charge in [-0.15, -0.1) is 11.3 Å². The monoisotopic (exact) mass is 212 g/mol. The van der Waals surface area contributed by atoms with Crippen LogP contribution >= 0.6 is 11.3 Å². The Bertz CT molecular complexity index is 291. The molecule has 0 aliphatic rings. The predicted molar refractivity (Wildman–Crippen MR) is 62.8 cm³/mol. The van der Waals surface area contributed by atoms with Crippen molar-refractivity contribution in [1.29, 1.82) is 0 Å². The Balaban J connectivity index is 2.69. The Morgan fingerprint density at radius 1 is 1.43 bits per heavy atom. The summed E-state index contributed by atoms with van der Waals surface area (Å²) in [5.74, 6) is 0.601. The Hall–Kier alpha value is -0.340. The maximum absolute atomic E-state index is 10.0. The molecule has 1 aromatic rings. The second kappa shape index (κ2) is 4.94. The van der Waals surface area contributed by atoms with Crippen LogP contribution in [0.4, 0.5) is 0 Å². The molecule has 0 aliphatic heterocycles. The summed E-state index contributed by atoms with van der Waals surface area (Å²) in [6.07, 6.45) is 1.75.